The number of aliphatic carboxylic acids is 2. The van der Waals surface area contributed by atoms with Crippen LogP contribution in [0.2, 0.25) is 0 Å². The Bertz CT molecular complexity index is 972. The van der Waals surface area contributed by atoms with Crippen molar-refractivity contribution in [1.29, 1.82) is 0 Å². The third kappa shape index (κ3) is 7.99. The Labute approximate surface area is 205 Å². The third-order valence-electron chi connectivity index (χ3n) is 6.30. The molecule has 0 aromatic heterocycles. The smallest absolute Gasteiger partial charge is 0.414 e. The Balaban J connectivity index is 0.000000509. The number of carbonyl (C=O) groups is 3. The van der Waals surface area contributed by atoms with Crippen LogP contribution in [0.5, 0.6) is 5.75 Å². The van der Waals surface area contributed by atoms with Crippen LogP contribution in [-0.4, -0.2) is 89.8 Å². The van der Waals surface area contributed by atoms with Gasteiger partial charge >= 0.3 is 11.9 Å². The van der Waals surface area contributed by atoms with E-state index in [1.807, 2.05) is 36.1 Å². The first-order chi connectivity index (χ1) is 16.8. The summed E-state index contributed by atoms with van der Waals surface area (Å²) < 4.78 is 5.69. The van der Waals surface area contributed by atoms with E-state index < -0.39 is 11.9 Å². The monoisotopic (exact) mass is 483 g/mol. The Hall–Kier alpha value is -3.59. The Morgan fingerprint density at radius 2 is 1.49 bits per heavy atom. The Kier molecular flexibility index (Phi) is 9.48. The molecular weight excluding hydrogens is 450 g/mol. The Morgan fingerprint density at radius 3 is 2.06 bits per heavy atom. The number of nitrogens with zero attached hydrogens (tertiary/aromatic N) is 3. The molecule has 2 aliphatic rings. The van der Waals surface area contributed by atoms with E-state index in [0.717, 1.165) is 63.4 Å². The van der Waals surface area contributed by atoms with E-state index in [4.69, 9.17) is 24.5 Å². The van der Waals surface area contributed by atoms with Crippen LogP contribution in [0.3, 0.4) is 0 Å². The summed E-state index contributed by atoms with van der Waals surface area (Å²) in [6.45, 7) is 8.18. The summed E-state index contributed by atoms with van der Waals surface area (Å²) >= 11 is 0. The molecule has 2 saturated heterocycles. The second-order valence-electron chi connectivity index (χ2n) is 8.69. The number of likely N-dealkylation sites (tertiary alicyclic amines) is 1. The summed E-state index contributed by atoms with van der Waals surface area (Å²) in [5.41, 5.74) is 2.46. The lowest BCUT2D eigenvalue weighted by atomic mass is 10.0. The van der Waals surface area contributed by atoms with Gasteiger partial charge in [0.25, 0.3) is 5.91 Å². The lowest BCUT2D eigenvalue weighted by Gasteiger charge is -2.43. The van der Waals surface area contributed by atoms with Gasteiger partial charge in [0.1, 0.15) is 5.75 Å². The van der Waals surface area contributed by atoms with Crippen molar-refractivity contribution in [3.8, 4) is 5.75 Å². The first-order valence-electron chi connectivity index (χ1n) is 11.8. The minimum absolute atomic E-state index is 0.0962. The van der Waals surface area contributed by atoms with Gasteiger partial charge in [0.15, 0.2) is 6.61 Å². The minimum atomic E-state index is -1.82. The van der Waals surface area contributed by atoms with Crippen molar-refractivity contribution in [2.75, 3.05) is 50.8 Å². The normalized spacial score (nSPS) is 16.7. The fraction of sp³-hybridized carbons (Fsp3) is 0.423. The molecule has 0 aliphatic carbocycles. The largest absolute Gasteiger partial charge is 0.484 e. The van der Waals surface area contributed by atoms with E-state index in [0.29, 0.717) is 6.04 Å². The number of hydrogen-bond donors (Lipinski definition) is 2. The number of carbonyl (C=O) groups excluding carboxylic acids is 1. The molecule has 2 fully saturated rings. The quantitative estimate of drug-likeness (QED) is 0.624. The fourth-order valence-corrected chi connectivity index (χ4v) is 4.41. The van der Waals surface area contributed by atoms with Gasteiger partial charge in [0.05, 0.1) is 0 Å². The van der Waals surface area contributed by atoms with Crippen LogP contribution < -0.4 is 9.64 Å². The van der Waals surface area contributed by atoms with E-state index in [-0.39, 0.29) is 12.5 Å². The van der Waals surface area contributed by atoms with Crippen molar-refractivity contribution < 1.29 is 29.3 Å². The zero-order chi connectivity index (χ0) is 25.2. The van der Waals surface area contributed by atoms with Crippen LogP contribution in [0, 0.1) is 6.92 Å². The number of hydrogen-bond acceptors (Lipinski definition) is 6. The van der Waals surface area contributed by atoms with Crippen molar-refractivity contribution in [3.63, 3.8) is 0 Å². The minimum Gasteiger partial charge on any atom is -0.484 e. The molecule has 0 spiro atoms. The van der Waals surface area contributed by atoms with Crippen LogP contribution in [0.25, 0.3) is 0 Å². The molecule has 0 saturated carbocycles. The van der Waals surface area contributed by atoms with Gasteiger partial charge in [-0.25, -0.2) is 9.59 Å². The summed E-state index contributed by atoms with van der Waals surface area (Å²) in [5, 5.41) is 14.8. The second kappa shape index (κ2) is 12.8. The number of aryl methyl sites for hydroxylation is 1. The number of amides is 1. The number of carboxylic acids is 2. The molecule has 0 unspecified atom stereocenters. The molecule has 0 radical (unpaired) electrons. The lowest BCUT2D eigenvalue weighted by molar-refractivity contribution is -0.159. The third-order valence-corrected chi connectivity index (χ3v) is 6.30. The molecule has 2 aromatic carbocycles. The number of piperazine rings is 1. The molecule has 2 aromatic rings. The number of rotatable bonds is 5. The molecule has 0 atom stereocenters. The molecule has 0 bridgehead atoms. The van der Waals surface area contributed by atoms with Crippen LogP contribution in [0.1, 0.15) is 18.4 Å². The molecule has 1 amide bonds. The fourth-order valence-electron chi connectivity index (χ4n) is 4.41. The average molecular weight is 484 g/mol. The van der Waals surface area contributed by atoms with Gasteiger partial charge in [0, 0.05) is 51.0 Å². The van der Waals surface area contributed by atoms with Crippen LogP contribution in [0.15, 0.2) is 54.6 Å². The summed E-state index contributed by atoms with van der Waals surface area (Å²) in [4.78, 5) is 37.8. The first kappa shape index (κ1) is 26.0. The van der Waals surface area contributed by atoms with Gasteiger partial charge in [-0.3, -0.25) is 9.69 Å². The molecule has 188 valence electrons. The van der Waals surface area contributed by atoms with E-state index >= 15 is 0 Å². The number of piperidine rings is 1. The molecule has 2 aliphatic heterocycles. The Morgan fingerprint density at radius 1 is 0.857 bits per heavy atom. The summed E-state index contributed by atoms with van der Waals surface area (Å²) in [6.07, 6.45) is 2.11. The molecule has 2 N–H and O–H groups in total. The van der Waals surface area contributed by atoms with E-state index in [1.54, 1.807) is 0 Å². The van der Waals surface area contributed by atoms with E-state index in [1.165, 1.54) is 5.69 Å². The number of benzene rings is 2. The second-order valence-corrected chi connectivity index (χ2v) is 8.69. The number of para-hydroxylation sites is 1. The maximum atomic E-state index is 12.5. The molecular formula is C26H33N3O6. The van der Waals surface area contributed by atoms with Crippen molar-refractivity contribution in [1.82, 2.24) is 9.80 Å². The van der Waals surface area contributed by atoms with Crippen molar-refractivity contribution >= 4 is 23.5 Å². The molecule has 35 heavy (non-hydrogen) atoms. The maximum Gasteiger partial charge on any atom is 0.414 e. The number of carboxylic acid groups (broad SMARTS) is 2. The van der Waals surface area contributed by atoms with Gasteiger partial charge < -0.3 is 24.7 Å². The number of anilines is 1. The zero-order valence-corrected chi connectivity index (χ0v) is 20.0. The maximum absolute atomic E-state index is 12.5. The highest BCUT2D eigenvalue weighted by atomic mass is 16.5. The van der Waals surface area contributed by atoms with Crippen LogP contribution in [-0.2, 0) is 14.4 Å². The van der Waals surface area contributed by atoms with Gasteiger partial charge in [-0.05, 0) is 49.6 Å². The molecule has 9 nitrogen and oxygen atoms in total. The van der Waals surface area contributed by atoms with Crippen molar-refractivity contribution in [2.45, 2.75) is 25.8 Å². The summed E-state index contributed by atoms with van der Waals surface area (Å²) in [7, 11) is 0. The van der Waals surface area contributed by atoms with Crippen molar-refractivity contribution in [3.05, 3.63) is 60.2 Å². The predicted molar refractivity (Wildman–Crippen MR) is 132 cm³/mol. The summed E-state index contributed by atoms with van der Waals surface area (Å²) in [5.74, 6) is -2.78. The summed E-state index contributed by atoms with van der Waals surface area (Å²) in [6, 6.07) is 19.1. The van der Waals surface area contributed by atoms with Crippen molar-refractivity contribution in [2.24, 2.45) is 0 Å². The van der Waals surface area contributed by atoms with Gasteiger partial charge in [-0.15, -0.1) is 0 Å². The molecule has 2 heterocycles. The van der Waals surface area contributed by atoms with Gasteiger partial charge in [-0.2, -0.15) is 0 Å². The highest BCUT2D eigenvalue weighted by molar-refractivity contribution is 6.27. The predicted octanol–water partition coefficient (Wildman–Crippen LogP) is 2.34. The van der Waals surface area contributed by atoms with Crippen LogP contribution >= 0.6 is 0 Å². The van der Waals surface area contributed by atoms with E-state index in [9.17, 15) is 4.79 Å². The highest BCUT2D eigenvalue weighted by Crippen LogP contribution is 2.21. The standard InChI is InChI=1S/C24H31N3O2.C2H2O4/c1-20-6-5-9-23(18-20)29-19-24(28)27-12-10-22(11-13-27)26-16-14-25(15-17-26)21-7-3-2-4-8-21;3-1(4)2(5)6/h2-9,18,22H,10-17,19H2,1H3;(H,3,4)(H,5,6). The zero-order valence-electron chi connectivity index (χ0n) is 20.0. The van der Waals surface area contributed by atoms with Gasteiger partial charge in [-0.1, -0.05) is 30.3 Å². The van der Waals surface area contributed by atoms with Crippen LogP contribution in [0.4, 0.5) is 5.69 Å². The lowest BCUT2D eigenvalue weighted by Crippen LogP contribution is -2.54. The number of ether oxygens (including phenoxy) is 1. The molecule has 9 heteroatoms. The SMILES string of the molecule is Cc1cccc(OCC(=O)N2CCC(N3CCN(c4ccccc4)CC3)CC2)c1.O=C(O)C(=O)O. The average Bonchev–Trinajstić information content (AvgIpc) is 2.88. The van der Waals surface area contributed by atoms with E-state index in [2.05, 4.69) is 40.1 Å². The topological polar surface area (TPSA) is 111 Å². The highest BCUT2D eigenvalue weighted by Gasteiger charge is 2.29. The first-order valence-corrected chi connectivity index (χ1v) is 11.8. The van der Waals surface area contributed by atoms with Gasteiger partial charge in [0.2, 0.25) is 0 Å². The molecule has 4 rings (SSSR count).